The SMILES string of the molecule is CCn1cc(CN2CCC3C(CCC(=O)N3CCc3cccs3)C2)cn1. The first-order valence-electron chi connectivity index (χ1n) is 9.78. The van der Waals surface area contributed by atoms with Gasteiger partial charge in [0.15, 0.2) is 0 Å². The van der Waals surface area contributed by atoms with Crippen molar-refractivity contribution in [2.45, 2.75) is 51.7 Å². The Labute approximate surface area is 159 Å². The molecular weight excluding hydrogens is 344 g/mol. The monoisotopic (exact) mass is 372 g/mol. The number of piperidine rings is 2. The molecule has 26 heavy (non-hydrogen) atoms. The lowest BCUT2D eigenvalue weighted by Crippen LogP contribution is -2.56. The van der Waals surface area contributed by atoms with Crippen LogP contribution in [0.1, 0.15) is 36.6 Å². The fourth-order valence-corrected chi connectivity index (χ4v) is 5.16. The second kappa shape index (κ2) is 7.92. The zero-order valence-corrected chi connectivity index (χ0v) is 16.3. The third-order valence-electron chi connectivity index (χ3n) is 5.82. The van der Waals surface area contributed by atoms with Gasteiger partial charge in [-0.1, -0.05) is 6.07 Å². The van der Waals surface area contributed by atoms with Crippen LogP contribution in [0.4, 0.5) is 0 Å². The van der Waals surface area contributed by atoms with Crippen LogP contribution in [0.15, 0.2) is 29.9 Å². The van der Waals surface area contributed by atoms with Crippen molar-refractivity contribution in [3.63, 3.8) is 0 Å². The van der Waals surface area contributed by atoms with Gasteiger partial charge in [-0.3, -0.25) is 14.4 Å². The van der Waals surface area contributed by atoms with Crippen LogP contribution in [-0.2, 0) is 24.3 Å². The standard InChI is InChI=1S/C20H28N4OS/c1-2-23-14-16(12-21-23)13-22-9-8-19-17(15-22)5-6-20(25)24(19)10-7-18-4-3-11-26-18/h3-4,11-12,14,17,19H,2,5-10,13,15H2,1H3. The maximum Gasteiger partial charge on any atom is 0.222 e. The van der Waals surface area contributed by atoms with E-state index < -0.39 is 0 Å². The molecule has 0 spiro atoms. The molecule has 0 saturated carbocycles. The van der Waals surface area contributed by atoms with E-state index in [-0.39, 0.29) is 0 Å². The molecule has 5 nitrogen and oxygen atoms in total. The molecule has 0 N–H and O–H groups in total. The topological polar surface area (TPSA) is 41.4 Å². The van der Waals surface area contributed by atoms with Gasteiger partial charge in [0.05, 0.1) is 6.20 Å². The summed E-state index contributed by atoms with van der Waals surface area (Å²) in [5.41, 5.74) is 1.30. The molecule has 0 radical (unpaired) electrons. The summed E-state index contributed by atoms with van der Waals surface area (Å²) >= 11 is 1.79. The minimum atomic E-state index is 0.362. The number of hydrogen-bond donors (Lipinski definition) is 0. The van der Waals surface area contributed by atoms with Gasteiger partial charge < -0.3 is 4.90 Å². The van der Waals surface area contributed by atoms with E-state index in [0.29, 0.717) is 24.3 Å². The minimum absolute atomic E-state index is 0.362. The summed E-state index contributed by atoms with van der Waals surface area (Å²) in [6, 6.07) is 4.71. The summed E-state index contributed by atoms with van der Waals surface area (Å²) in [5, 5.41) is 6.51. The molecule has 2 aliphatic heterocycles. The number of likely N-dealkylation sites (tertiary alicyclic amines) is 2. The van der Waals surface area contributed by atoms with Gasteiger partial charge >= 0.3 is 0 Å². The van der Waals surface area contributed by atoms with Crippen molar-refractivity contribution in [2.75, 3.05) is 19.6 Å². The van der Waals surface area contributed by atoms with Crippen molar-refractivity contribution >= 4 is 17.2 Å². The predicted molar refractivity (Wildman–Crippen MR) is 104 cm³/mol. The molecule has 2 fully saturated rings. The lowest BCUT2D eigenvalue weighted by Gasteiger charge is -2.47. The van der Waals surface area contributed by atoms with E-state index in [2.05, 4.69) is 45.5 Å². The molecule has 2 aromatic rings. The van der Waals surface area contributed by atoms with E-state index in [9.17, 15) is 4.79 Å². The molecule has 4 rings (SSSR count). The van der Waals surface area contributed by atoms with E-state index in [0.717, 1.165) is 52.0 Å². The first kappa shape index (κ1) is 17.7. The van der Waals surface area contributed by atoms with Gasteiger partial charge in [-0.05, 0) is 43.6 Å². The zero-order valence-electron chi connectivity index (χ0n) is 15.5. The number of rotatable bonds is 6. The normalized spacial score (nSPS) is 24.0. The molecule has 0 aromatic carbocycles. The summed E-state index contributed by atoms with van der Waals surface area (Å²) in [6.07, 6.45) is 8.00. The van der Waals surface area contributed by atoms with E-state index in [1.807, 2.05) is 10.9 Å². The number of aryl methyl sites for hydroxylation is 1. The second-order valence-electron chi connectivity index (χ2n) is 7.51. The lowest BCUT2D eigenvalue weighted by atomic mass is 9.83. The first-order chi connectivity index (χ1) is 12.7. The van der Waals surface area contributed by atoms with Gasteiger partial charge in [0.1, 0.15) is 0 Å². The number of carbonyl (C=O) groups excluding carboxylic acids is 1. The van der Waals surface area contributed by atoms with Crippen LogP contribution in [-0.4, -0.2) is 51.2 Å². The average molecular weight is 373 g/mol. The maximum absolute atomic E-state index is 12.5. The van der Waals surface area contributed by atoms with Gasteiger partial charge in [-0.25, -0.2) is 0 Å². The highest BCUT2D eigenvalue weighted by molar-refractivity contribution is 7.09. The molecule has 0 aliphatic carbocycles. The van der Waals surface area contributed by atoms with Crippen LogP contribution in [0, 0.1) is 5.92 Å². The largest absolute Gasteiger partial charge is 0.339 e. The molecule has 1 amide bonds. The fourth-order valence-electron chi connectivity index (χ4n) is 4.47. The second-order valence-corrected chi connectivity index (χ2v) is 8.54. The van der Waals surface area contributed by atoms with Crippen molar-refractivity contribution in [3.8, 4) is 0 Å². The highest BCUT2D eigenvalue weighted by Crippen LogP contribution is 2.32. The third kappa shape index (κ3) is 3.86. The molecule has 2 atom stereocenters. The molecule has 2 aliphatic rings. The molecule has 4 heterocycles. The fraction of sp³-hybridized carbons (Fsp3) is 0.600. The Bertz CT molecular complexity index is 726. The van der Waals surface area contributed by atoms with Gasteiger partial charge in [0.2, 0.25) is 5.91 Å². The summed E-state index contributed by atoms with van der Waals surface area (Å²) in [6.45, 7) is 7.07. The Morgan fingerprint density at radius 2 is 2.27 bits per heavy atom. The van der Waals surface area contributed by atoms with Crippen LogP contribution in [0.3, 0.4) is 0 Å². The quantitative estimate of drug-likeness (QED) is 0.783. The summed E-state index contributed by atoms with van der Waals surface area (Å²) in [4.78, 5) is 18.6. The highest BCUT2D eigenvalue weighted by Gasteiger charge is 2.38. The molecule has 2 unspecified atom stereocenters. The van der Waals surface area contributed by atoms with E-state index in [1.54, 1.807) is 11.3 Å². The number of fused-ring (bicyclic) bond motifs is 1. The maximum atomic E-state index is 12.5. The van der Waals surface area contributed by atoms with Crippen molar-refractivity contribution in [3.05, 3.63) is 40.3 Å². The Balaban J connectivity index is 1.36. The number of amides is 1. The Kier molecular flexibility index (Phi) is 5.41. The Morgan fingerprint density at radius 3 is 3.04 bits per heavy atom. The van der Waals surface area contributed by atoms with Crippen LogP contribution < -0.4 is 0 Å². The molecule has 6 heteroatoms. The zero-order chi connectivity index (χ0) is 17.9. The van der Waals surface area contributed by atoms with Crippen LogP contribution >= 0.6 is 11.3 Å². The van der Waals surface area contributed by atoms with Gasteiger partial charge in [-0.15, -0.1) is 11.3 Å². The average Bonchev–Trinajstić information content (AvgIpc) is 3.32. The summed E-state index contributed by atoms with van der Waals surface area (Å²) < 4.78 is 1.99. The van der Waals surface area contributed by atoms with Gasteiger partial charge in [0, 0.05) is 61.8 Å². The first-order valence-corrected chi connectivity index (χ1v) is 10.7. The van der Waals surface area contributed by atoms with Crippen molar-refractivity contribution in [2.24, 2.45) is 5.92 Å². The summed E-state index contributed by atoms with van der Waals surface area (Å²) in [5.74, 6) is 0.978. The van der Waals surface area contributed by atoms with Gasteiger partial charge in [-0.2, -0.15) is 5.10 Å². The number of thiophene rings is 1. The summed E-state index contributed by atoms with van der Waals surface area (Å²) in [7, 11) is 0. The van der Waals surface area contributed by atoms with E-state index in [4.69, 9.17) is 0 Å². The van der Waals surface area contributed by atoms with Crippen LogP contribution in [0.5, 0.6) is 0 Å². The smallest absolute Gasteiger partial charge is 0.222 e. The lowest BCUT2D eigenvalue weighted by molar-refractivity contribution is -0.141. The van der Waals surface area contributed by atoms with E-state index in [1.165, 1.54) is 10.4 Å². The van der Waals surface area contributed by atoms with Crippen molar-refractivity contribution in [1.82, 2.24) is 19.6 Å². The van der Waals surface area contributed by atoms with Crippen molar-refractivity contribution < 1.29 is 4.79 Å². The van der Waals surface area contributed by atoms with Crippen LogP contribution in [0.2, 0.25) is 0 Å². The predicted octanol–water partition coefficient (Wildman–Crippen LogP) is 3.02. The third-order valence-corrected chi connectivity index (χ3v) is 6.76. The number of hydrogen-bond acceptors (Lipinski definition) is 4. The van der Waals surface area contributed by atoms with Crippen LogP contribution in [0.25, 0.3) is 0 Å². The number of aromatic nitrogens is 2. The minimum Gasteiger partial charge on any atom is -0.339 e. The number of nitrogens with zero attached hydrogens (tertiary/aromatic N) is 4. The molecule has 140 valence electrons. The van der Waals surface area contributed by atoms with Gasteiger partial charge in [0.25, 0.3) is 0 Å². The molecular formula is C20H28N4OS. The molecule has 2 aromatic heterocycles. The molecule has 0 bridgehead atoms. The molecule has 2 saturated heterocycles. The number of carbonyl (C=O) groups is 1. The highest BCUT2D eigenvalue weighted by atomic mass is 32.1. The van der Waals surface area contributed by atoms with Crippen molar-refractivity contribution in [1.29, 1.82) is 0 Å². The Hall–Kier alpha value is -1.66. The Morgan fingerprint density at radius 1 is 1.35 bits per heavy atom. The van der Waals surface area contributed by atoms with E-state index >= 15 is 0 Å².